The zero-order valence-electron chi connectivity index (χ0n) is 21.0. The van der Waals surface area contributed by atoms with Crippen LogP contribution in [-0.4, -0.2) is 56.9 Å². The molecule has 204 valence electrons. The van der Waals surface area contributed by atoms with Crippen molar-refractivity contribution in [1.82, 2.24) is 9.73 Å². The van der Waals surface area contributed by atoms with Gasteiger partial charge in [0.25, 0.3) is 11.8 Å². The SMILES string of the molecule is CC(=O)Nc1ccc(S(=O)(=O)N(C)CC(=O)N/N=C/c2ccc(OCC(=O)Nc3ccccc3Cl)cc2)cc1. The number of amides is 3. The highest BCUT2D eigenvalue weighted by molar-refractivity contribution is 7.89. The van der Waals surface area contributed by atoms with Crippen molar-refractivity contribution < 1.29 is 27.5 Å². The van der Waals surface area contributed by atoms with E-state index in [2.05, 4.69) is 21.2 Å². The zero-order chi connectivity index (χ0) is 28.4. The minimum absolute atomic E-state index is 0.0287. The third kappa shape index (κ3) is 8.92. The predicted molar refractivity (Wildman–Crippen MR) is 148 cm³/mol. The van der Waals surface area contributed by atoms with Gasteiger partial charge in [-0.15, -0.1) is 0 Å². The smallest absolute Gasteiger partial charge is 0.262 e. The van der Waals surface area contributed by atoms with Gasteiger partial charge in [0.2, 0.25) is 15.9 Å². The summed E-state index contributed by atoms with van der Waals surface area (Å²) < 4.78 is 31.8. The standard InChI is InChI=1S/C26H26ClN5O6S/c1-18(33)29-20-9-13-22(14-10-20)39(36,37)32(2)16-25(34)31-28-15-19-7-11-21(12-8-19)38-17-26(35)30-24-6-4-3-5-23(24)27/h3-15H,16-17H2,1-2H3,(H,29,33)(H,30,35)(H,31,34)/b28-15+. The molecule has 0 aromatic heterocycles. The number of benzene rings is 3. The maximum Gasteiger partial charge on any atom is 0.262 e. The van der Waals surface area contributed by atoms with Crippen molar-refractivity contribution in [2.75, 3.05) is 30.8 Å². The Morgan fingerprint density at radius 1 is 0.949 bits per heavy atom. The summed E-state index contributed by atoms with van der Waals surface area (Å²) in [7, 11) is -2.66. The fraction of sp³-hybridized carbons (Fsp3) is 0.154. The third-order valence-corrected chi connectivity index (χ3v) is 7.20. The Labute approximate surface area is 230 Å². The topological polar surface area (TPSA) is 146 Å². The number of halogens is 1. The fourth-order valence-corrected chi connectivity index (χ4v) is 4.45. The van der Waals surface area contributed by atoms with Gasteiger partial charge in [-0.1, -0.05) is 23.7 Å². The van der Waals surface area contributed by atoms with E-state index in [-0.39, 0.29) is 23.3 Å². The van der Waals surface area contributed by atoms with Crippen LogP contribution in [-0.2, 0) is 24.4 Å². The molecule has 3 N–H and O–H groups in total. The number of carbonyl (C=O) groups excluding carboxylic acids is 3. The molecule has 3 aromatic rings. The molecule has 0 atom stereocenters. The summed E-state index contributed by atoms with van der Waals surface area (Å²) in [5, 5.41) is 9.47. The highest BCUT2D eigenvalue weighted by Gasteiger charge is 2.22. The van der Waals surface area contributed by atoms with E-state index in [1.54, 1.807) is 48.5 Å². The summed E-state index contributed by atoms with van der Waals surface area (Å²) in [5.41, 5.74) is 3.85. The Morgan fingerprint density at radius 2 is 1.62 bits per heavy atom. The van der Waals surface area contributed by atoms with Crippen LogP contribution < -0.4 is 20.8 Å². The Bertz CT molecular complexity index is 1460. The molecule has 39 heavy (non-hydrogen) atoms. The lowest BCUT2D eigenvalue weighted by Crippen LogP contribution is -2.36. The second kappa shape index (κ2) is 13.5. The number of para-hydroxylation sites is 1. The molecule has 0 aliphatic carbocycles. The first-order valence-electron chi connectivity index (χ1n) is 11.5. The van der Waals surface area contributed by atoms with Crippen LogP contribution >= 0.6 is 11.6 Å². The Kier molecular flexibility index (Phi) is 10.1. The molecule has 0 spiro atoms. The molecule has 0 unspecified atom stereocenters. The molecule has 0 aliphatic heterocycles. The summed E-state index contributed by atoms with van der Waals surface area (Å²) in [6, 6.07) is 19.0. The van der Waals surface area contributed by atoms with Crippen molar-refractivity contribution in [3.05, 3.63) is 83.4 Å². The number of likely N-dealkylation sites (N-methyl/N-ethyl adjacent to an activating group) is 1. The second-order valence-corrected chi connectivity index (χ2v) is 10.6. The number of sulfonamides is 1. The number of hydrogen-bond acceptors (Lipinski definition) is 7. The Morgan fingerprint density at radius 3 is 2.26 bits per heavy atom. The van der Waals surface area contributed by atoms with Crippen molar-refractivity contribution in [2.45, 2.75) is 11.8 Å². The van der Waals surface area contributed by atoms with Crippen LogP contribution in [0.25, 0.3) is 0 Å². The molecule has 0 heterocycles. The van der Waals surface area contributed by atoms with Crippen molar-refractivity contribution in [1.29, 1.82) is 0 Å². The lowest BCUT2D eigenvalue weighted by Gasteiger charge is -2.16. The largest absolute Gasteiger partial charge is 0.484 e. The molecule has 13 heteroatoms. The first-order chi connectivity index (χ1) is 18.5. The maximum atomic E-state index is 12.7. The van der Waals surface area contributed by atoms with Crippen LogP contribution in [0.2, 0.25) is 5.02 Å². The van der Waals surface area contributed by atoms with Crippen molar-refractivity contribution in [3.8, 4) is 5.75 Å². The highest BCUT2D eigenvalue weighted by atomic mass is 35.5. The van der Waals surface area contributed by atoms with Crippen molar-refractivity contribution >= 4 is 56.9 Å². The molecule has 0 saturated heterocycles. The number of nitrogens with zero attached hydrogens (tertiary/aromatic N) is 2. The molecule has 0 fully saturated rings. The zero-order valence-corrected chi connectivity index (χ0v) is 22.6. The van der Waals surface area contributed by atoms with E-state index in [1.165, 1.54) is 44.5 Å². The third-order valence-electron chi connectivity index (χ3n) is 5.05. The van der Waals surface area contributed by atoms with E-state index < -0.39 is 22.5 Å². The number of ether oxygens (including phenoxy) is 1. The van der Waals surface area contributed by atoms with Crippen molar-refractivity contribution in [3.63, 3.8) is 0 Å². The summed E-state index contributed by atoms with van der Waals surface area (Å²) in [6.45, 7) is 0.664. The van der Waals surface area contributed by atoms with Gasteiger partial charge in [-0.3, -0.25) is 14.4 Å². The van der Waals surface area contributed by atoms with Gasteiger partial charge in [0.05, 0.1) is 28.4 Å². The van der Waals surface area contributed by atoms with Crippen LogP contribution in [0.5, 0.6) is 5.75 Å². The summed E-state index contributed by atoms with van der Waals surface area (Å²) >= 11 is 6.02. The van der Waals surface area contributed by atoms with E-state index in [9.17, 15) is 22.8 Å². The average Bonchev–Trinajstić information content (AvgIpc) is 2.89. The van der Waals surface area contributed by atoms with E-state index in [0.29, 0.717) is 27.7 Å². The fourth-order valence-electron chi connectivity index (χ4n) is 3.14. The predicted octanol–water partition coefficient (Wildman–Crippen LogP) is 3.09. The molecule has 0 saturated carbocycles. The Balaban J connectivity index is 1.45. The number of hydrogen-bond donors (Lipinski definition) is 3. The first kappa shape index (κ1) is 29.3. The van der Waals surface area contributed by atoms with Gasteiger partial charge in [-0.25, -0.2) is 13.8 Å². The quantitative estimate of drug-likeness (QED) is 0.238. The van der Waals surface area contributed by atoms with Crippen LogP contribution in [0.3, 0.4) is 0 Å². The summed E-state index contributed by atoms with van der Waals surface area (Å²) in [4.78, 5) is 35.4. The van der Waals surface area contributed by atoms with E-state index in [1.807, 2.05) is 0 Å². The van der Waals surface area contributed by atoms with E-state index in [4.69, 9.17) is 16.3 Å². The first-order valence-corrected chi connectivity index (χ1v) is 13.3. The molecule has 3 rings (SSSR count). The van der Waals surface area contributed by atoms with Crippen LogP contribution in [0, 0.1) is 0 Å². The maximum absolute atomic E-state index is 12.7. The normalized spacial score (nSPS) is 11.3. The van der Waals surface area contributed by atoms with Gasteiger partial charge in [0, 0.05) is 19.7 Å². The van der Waals surface area contributed by atoms with Crippen molar-refractivity contribution in [2.24, 2.45) is 5.10 Å². The minimum Gasteiger partial charge on any atom is -0.484 e. The van der Waals surface area contributed by atoms with Gasteiger partial charge < -0.3 is 15.4 Å². The van der Waals surface area contributed by atoms with Crippen LogP contribution in [0.15, 0.2) is 82.8 Å². The lowest BCUT2D eigenvalue weighted by atomic mass is 10.2. The summed E-state index contributed by atoms with van der Waals surface area (Å²) in [6.07, 6.45) is 1.38. The lowest BCUT2D eigenvalue weighted by molar-refractivity contribution is -0.121. The number of carbonyl (C=O) groups is 3. The van der Waals surface area contributed by atoms with E-state index >= 15 is 0 Å². The number of rotatable bonds is 11. The van der Waals surface area contributed by atoms with Gasteiger partial charge in [-0.2, -0.15) is 9.41 Å². The number of nitrogens with one attached hydrogen (secondary N) is 3. The highest BCUT2D eigenvalue weighted by Crippen LogP contribution is 2.20. The minimum atomic E-state index is -3.93. The second-order valence-electron chi connectivity index (χ2n) is 8.15. The van der Waals surface area contributed by atoms with Crippen LogP contribution in [0.1, 0.15) is 12.5 Å². The van der Waals surface area contributed by atoms with Gasteiger partial charge in [-0.05, 0) is 66.2 Å². The molecule has 11 nitrogen and oxygen atoms in total. The summed E-state index contributed by atoms with van der Waals surface area (Å²) in [5.74, 6) is -0.844. The monoisotopic (exact) mass is 571 g/mol. The molecule has 0 bridgehead atoms. The molecule has 3 amide bonds. The van der Waals surface area contributed by atoms with Crippen LogP contribution in [0.4, 0.5) is 11.4 Å². The number of hydrazone groups is 1. The van der Waals surface area contributed by atoms with E-state index in [0.717, 1.165) is 4.31 Å². The number of anilines is 2. The molecular formula is C26H26ClN5O6S. The average molecular weight is 572 g/mol. The molecular weight excluding hydrogens is 546 g/mol. The van der Waals surface area contributed by atoms with Gasteiger partial charge >= 0.3 is 0 Å². The van der Waals surface area contributed by atoms with Gasteiger partial charge in [0.1, 0.15) is 5.75 Å². The Hall–Kier alpha value is -4.26. The molecule has 3 aromatic carbocycles. The van der Waals surface area contributed by atoms with Gasteiger partial charge in [0.15, 0.2) is 6.61 Å². The molecule has 0 aliphatic rings. The molecule has 0 radical (unpaired) electrons.